The predicted molar refractivity (Wildman–Crippen MR) is 71.9 cm³/mol. The first-order valence-electron chi connectivity index (χ1n) is 5.60. The Morgan fingerprint density at radius 2 is 1.88 bits per heavy atom. The Morgan fingerprint density at radius 3 is 2.41 bits per heavy atom. The molecule has 94 valence electrons. The van der Waals surface area contributed by atoms with Crippen LogP contribution >= 0.6 is 0 Å². The Labute approximate surface area is 103 Å². The summed E-state index contributed by atoms with van der Waals surface area (Å²) in [4.78, 5) is 10.4. The van der Waals surface area contributed by atoms with E-state index in [1.54, 1.807) is 6.92 Å². The van der Waals surface area contributed by atoms with Crippen molar-refractivity contribution in [3.63, 3.8) is 0 Å². The van der Waals surface area contributed by atoms with Gasteiger partial charge in [-0.15, -0.1) is 0 Å². The zero-order valence-corrected chi connectivity index (χ0v) is 10.9. The van der Waals surface area contributed by atoms with Gasteiger partial charge in [-0.1, -0.05) is 36.0 Å². The third-order valence-electron chi connectivity index (χ3n) is 2.26. The second-order valence-corrected chi connectivity index (χ2v) is 3.82. The van der Waals surface area contributed by atoms with Crippen LogP contribution in [0.4, 0.5) is 4.79 Å². The van der Waals surface area contributed by atoms with E-state index in [2.05, 4.69) is 11.4 Å². The summed E-state index contributed by atoms with van der Waals surface area (Å²) in [5, 5.41) is 10.9. The second kappa shape index (κ2) is 8.39. The maximum absolute atomic E-state index is 10.4. The molecule has 17 heavy (non-hydrogen) atoms. The summed E-state index contributed by atoms with van der Waals surface area (Å²) < 4.78 is 0. The van der Waals surface area contributed by atoms with E-state index >= 15 is 0 Å². The highest BCUT2D eigenvalue weighted by molar-refractivity contribution is 5.67. The second-order valence-electron chi connectivity index (χ2n) is 3.82. The van der Waals surface area contributed by atoms with Crippen molar-refractivity contribution in [1.82, 2.24) is 5.32 Å². The number of hydrogen-bond acceptors (Lipinski definition) is 1. The van der Waals surface area contributed by atoms with Gasteiger partial charge in [0.15, 0.2) is 0 Å². The van der Waals surface area contributed by atoms with Crippen LogP contribution < -0.4 is 5.32 Å². The lowest BCUT2D eigenvalue weighted by atomic mass is 10.2. The molecule has 0 spiro atoms. The molecule has 0 aliphatic rings. The summed E-state index contributed by atoms with van der Waals surface area (Å²) in [7, 11) is 0. The molecule has 2 N–H and O–H groups in total. The molecule has 0 saturated carbocycles. The van der Waals surface area contributed by atoms with Gasteiger partial charge in [-0.3, -0.25) is 5.32 Å². The van der Waals surface area contributed by atoms with Crippen molar-refractivity contribution in [3.8, 4) is 0 Å². The van der Waals surface area contributed by atoms with Crippen LogP contribution in [-0.4, -0.2) is 11.2 Å². The summed E-state index contributed by atoms with van der Waals surface area (Å²) in [6, 6.07) is 0. The highest BCUT2D eigenvalue weighted by Crippen LogP contribution is 2.04. The Bertz CT molecular complexity index is 374. The fourth-order valence-corrected chi connectivity index (χ4v) is 1.21. The quantitative estimate of drug-likeness (QED) is 0.707. The smallest absolute Gasteiger partial charge is 0.408 e. The van der Waals surface area contributed by atoms with Crippen molar-refractivity contribution < 1.29 is 9.90 Å². The van der Waals surface area contributed by atoms with Gasteiger partial charge in [0, 0.05) is 5.70 Å². The molecule has 0 radical (unpaired) electrons. The van der Waals surface area contributed by atoms with Gasteiger partial charge in [0.2, 0.25) is 0 Å². The van der Waals surface area contributed by atoms with Crippen molar-refractivity contribution in [2.24, 2.45) is 0 Å². The Kier molecular flexibility index (Phi) is 7.52. The van der Waals surface area contributed by atoms with Crippen LogP contribution in [-0.2, 0) is 0 Å². The minimum Gasteiger partial charge on any atom is -0.465 e. The first-order chi connectivity index (χ1) is 7.97. The van der Waals surface area contributed by atoms with Gasteiger partial charge >= 0.3 is 6.09 Å². The van der Waals surface area contributed by atoms with Gasteiger partial charge < -0.3 is 5.11 Å². The van der Waals surface area contributed by atoms with Crippen LogP contribution in [0.2, 0.25) is 0 Å². The number of amides is 1. The number of rotatable bonds is 5. The number of carboxylic acid groups (broad SMARTS) is 1. The van der Waals surface area contributed by atoms with Gasteiger partial charge in [-0.25, -0.2) is 4.79 Å². The summed E-state index contributed by atoms with van der Waals surface area (Å²) >= 11 is 0. The maximum atomic E-state index is 10.4. The highest BCUT2D eigenvalue weighted by Gasteiger charge is 1.97. The molecule has 0 heterocycles. The third-order valence-corrected chi connectivity index (χ3v) is 2.26. The molecule has 0 aliphatic heterocycles. The number of carbonyl (C=O) groups is 1. The molecule has 0 fully saturated rings. The summed E-state index contributed by atoms with van der Waals surface area (Å²) in [6.07, 6.45) is 9.91. The van der Waals surface area contributed by atoms with E-state index in [0.717, 1.165) is 12.0 Å². The molecule has 3 nitrogen and oxygen atoms in total. The molecule has 3 heteroatoms. The molecule has 0 rings (SSSR count). The van der Waals surface area contributed by atoms with E-state index in [0.29, 0.717) is 5.70 Å². The van der Waals surface area contributed by atoms with Crippen LogP contribution in [0, 0.1) is 0 Å². The van der Waals surface area contributed by atoms with Crippen LogP contribution in [0.1, 0.15) is 34.1 Å². The van der Waals surface area contributed by atoms with Gasteiger partial charge in [0.1, 0.15) is 0 Å². The fraction of sp³-hybridized carbons (Fsp3) is 0.357. The molecule has 0 unspecified atom stereocenters. The van der Waals surface area contributed by atoms with Crippen molar-refractivity contribution in [1.29, 1.82) is 0 Å². The number of allylic oxidation sites excluding steroid dienone is 8. The number of nitrogens with one attached hydrogen (secondary N) is 1. The van der Waals surface area contributed by atoms with Gasteiger partial charge in [-0.2, -0.15) is 0 Å². The number of hydrogen-bond donors (Lipinski definition) is 2. The van der Waals surface area contributed by atoms with Crippen molar-refractivity contribution >= 4 is 6.09 Å². The van der Waals surface area contributed by atoms with Gasteiger partial charge in [0.25, 0.3) is 0 Å². The van der Waals surface area contributed by atoms with Crippen LogP contribution in [0.25, 0.3) is 0 Å². The van der Waals surface area contributed by atoms with Crippen LogP contribution in [0.5, 0.6) is 0 Å². The summed E-state index contributed by atoms with van der Waals surface area (Å²) in [5.74, 6) is 0. The normalized spacial score (nSPS) is 14.2. The highest BCUT2D eigenvalue weighted by atomic mass is 16.4. The monoisotopic (exact) mass is 235 g/mol. The Morgan fingerprint density at radius 1 is 1.24 bits per heavy atom. The minimum absolute atomic E-state index is 0.655. The summed E-state index contributed by atoms with van der Waals surface area (Å²) in [5.41, 5.74) is 2.80. The van der Waals surface area contributed by atoms with Crippen molar-refractivity contribution in [2.75, 3.05) is 0 Å². The molecule has 0 atom stereocenters. The lowest BCUT2D eigenvalue weighted by molar-refractivity contribution is 0.197. The van der Waals surface area contributed by atoms with Gasteiger partial charge in [-0.05, 0) is 39.7 Å². The van der Waals surface area contributed by atoms with E-state index in [1.807, 2.05) is 45.1 Å². The average Bonchev–Trinajstić information content (AvgIpc) is 2.23. The zero-order chi connectivity index (χ0) is 13.3. The molecule has 0 aliphatic carbocycles. The average molecular weight is 235 g/mol. The Hall–Kier alpha value is -1.77. The van der Waals surface area contributed by atoms with Crippen molar-refractivity contribution in [2.45, 2.75) is 34.1 Å². The SMILES string of the molecule is CC=CC(C)=CCC=CC(C)=C(C)NC(=O)O. The molecule has 1 amide bonds. The topological polar surface area (TPSA) is 49.3 Å². The molecule has 0 aromatic rings. The Balaban J connectivity index is 4.34. The standard InChI is InChI=1S/C14H21NO2/c1-5-8-11(2)9-6-7-10-12(3)13(4)15-14(16)17/h5,7-10,15H,6H2,1-4H3,(H,16,17). The lowest BCUT2D eigenvalue weighted by Crippen LogP contribution is -2.19. The zero-order valence-electron chi connectivity index (χ0n) is 10.9. The molecular weight excluding hydrogens is 214 g/mol. The van der Waals surface area contributed by atoms with Crippen LogP contribution in [0.15, 0.2) is 47.2 Å². The van der Waals surface area contributed by atoms with E-state index in [1.165, 1.54) is 5.57 Å². The first kappa shape index (κ1) is 15.2. The molecule has 0 saturated heterocycles. The van der Waals surface area contributed by atoms with Crippen LogP contribution in [0.3, 0.4) is 0 Å². The first-order valence-corrected chi connectivity index (χ1v) is 5.60. The molecule has 0 bridgehead atoms. The molecule has 0 aromatic heterocycles. The van der Waals surface area contributed by atoms with E-state index < -0.39 is 6.09 Å². The van der Waals surface area contributed by atoms with E-state index in [-0.39, 0.29) is 0 Å². The predicted octanol–water partition coefficient (Wildman–Crippen LogP) is 4.02. The van der Waals surface area contributed by atoms with Gasteiger partial charge in [0.05, 0.1) is 0 Å². The largest absolute Gasteiger partial charge is 0.465 e. The molecular formula is C14H21NO2. The minimum atomic E-state index is -1.03. The summed E-state index contributed by atoms with van der Waals surface area (Å²) in [6.45, 7) is 7.66. The lowest BCUT2D eigenvalue weighted by Gasteiger charge is -2.02. The van der Waals surface area contributed by atoms with E-state index in [9.17, 15) is 4.79 Å². The maximum Gasteiger partial charge on any atom is 0.408 e. The molecule has 0 aromatic carbocycles. The fourth-order valence-electron chi connectivity index (χ4n) is 1.21. The van der Waals surface area contributed by atoms with E-state index in [4.69, 9.17) is 5.11 Å². The van der Waals surface area contributed by atoms with Crippen molar-refractivity contribution in [3.05, 3.63) is 47.2 Å². The third kappa shape index (κ3) is 8.08.